The molecule has 0 aliphatic heterocycles. The van der Waals surface area contributed by atoms with Crippen molar-refractivity contribution in [3.8, 4) is 11.6 Å². The zero-order chi connectivity index (χ0) is 13.3. The van der Waals surface area contributed by atoms with Crippen LogP contribution in [-0.2, 0) is 0 Å². The second-order valence-corrected chi connectivity index (χ2v) is 4.90. The lowest BCUT2D eigenvalue weighted by Crippen LogP contribution is -1.97. The average Bonchev–Trinajstić information content (AvgIpc) is 2.28. The SMILES string of the molecule is Cc1cc(C)c(Oc2nc(C)ccc2C)c(C)c1. The van der Waals surface area contributed by atoms with Gasteiger partial charge < -0.3 is 4.74 Å². The maximum Gasteiger partial charge on any atom is 0.222 e. The molecule has 0 radical (unpaired) electrons. The number of rotatable bonds is 2. The first-order valence-electron chi connectivity index (χ1n) is 6.17. The van der Waals surface area contributed by atoms with Crippen molar-refractivity contribution in [2.75, 3.05) is 0 Å². The van der Waals surface area contributed by atoms with Crippen molar-refractivity contribution in [1.29, 1.82) is 0 Å². The lowest BCUT2D eigenvalue weighted by atomic mass is 10.1. The largest absolute Gasteiger partial charge is 0.438 e. The van der Waals surface area contributed by atoms with Gasteiger partial charge in [-0.1, -0.05) is 23.8 Å². The highest BCUT2D eigenvalue weighted by Gasteiger charge is 2.09. The van der Waals surface area contributed by atoms with Crippen LogP contribution in [0.1, 0.15) is 27.9 Å². The van der Waals surface area contributed by atoms with Crippen molar-refractivity contribution in [3.63, 3.8) is 0 Å². The maximum atomic E-state index is 6.00. The molecule has 2 nitrogen and oxygen atoms in total. The molecular formula is C16H19NO. The predicted molar refractivity (Wildman–Crippen MR) is 74.4 cm³/mol. The van der Waals surface area contributed by atoms with E-state index in [-0.39, 0.29) is 0 Å². The summed E-state index contributed by atoms with van der Waals surface area (Å²) in [6.45, 7) is 10.2. The van der Waals surface area contributed by atoms with Gasteiger partial charge in [0.2, 0.25) is 5.88 Å². The monoisotopic (exact) mass is 241 g/mol. The van der Waals surface area contributed by atoms with Crippen molar-refractivity contribution in [3.05, 3.63) is 52.2 Å². The smallest absolute Gasteiger partial charge is 0.222 e. The van der Waals surface area contributed by atoms with Gasteiger partial charge >= 0.3 is 0 Å². The Kier molecular flexibility index (Phi) is 3.37. The molecule has 94 valence electrons. The Morgan fingerprint density at radius 2 is 1.44 bits per heavy atom. The molecule has 2 heteroatoms. The average molecular weight is 241 g/mol. The normalized spacial score (nSPS) is 10.5. The molecule has 0 aliphatic carbocycles. The third-order valence-electron chi connectivity index (χ3n) is 2.99. The van der Waals surface area contributed by atoms with E-state index in [1.165, 1.54) is 5.56 Å². The summed E-state index contributed by atoms with van der Waals surface area (Å²) in [6, 6.07) is 8.30. The van der Waals surface area contributed by atoms with E-state index < -0.39 is 0 Å². The molecule has 0 fully saturated rings. The van der Waals surface area contributed by atoms with Gasteiger partial charge in [0.1, 0.15) is 5.75 Å². The number of aromatic nitrogens is 1. The number of nitrogens with zero attached hydrogens (tertiary/aromatic N) is 1. The van der Waals surface area contributed by atoms with Crippen molar-refractivity contribution in [1.82, 2.24) is 4.98 Å². The summed E-state index contributed by atoms with van der Waals surface area (Å²) in [7, 11) is 0. The van der Waals surface area contributed by atoms with Gasteiger partial charge in [-0.25, -0.2) is 4.98 Å². The third kappa shape index (κ3) is 2.53. The van der Waals surface area contributed by atoms with E-state index in [1.807, 2.05) is 26.0 Å². The molecule has 0 aliphatic rings. The van der Waals surface area contributed by atoms with Gasteiger partial charge in [-0.15, -0.1) is 0 Å². The number of pyridine rings is 1. The Hall–Kier alpha value is -1.83. The first-order chi connectivity index (χ1) is 8.47. The van der Waals surface area contributed by atoms with Crippen LogP contribution < -0.4 is 4.74 Å². The summed E-state index contributed by atoms with van der Waals surface area (Å²) >= 11 is 0. The fourth-order valence-electron chi connectivity index (χ4n) is 2.13. The summed E-state index contributed by atoms with van der Waals surface area (Å²) in [6.07, 6.45) is 0. The van der Waals surface area contributed by atoms with Crippen LogP contribution in [0.15, 0.2) is 24.3 Å². The molecule has 0 atom stereocenters. The minimum absolute atomic E-state index is 0.699. The van der Waals surface area contributed by atoms with Gasteiger partial charge in [-0.05, 0) is 51.8 Å². The molecule has 0 amide bonds. The highest BCUT2D eigenvalue weighted by Crippen LogP contribution is 2.30. The van der Waals surface area contributed by atoms with Crippen LogP contribution in [0.3, 0.4) is 0 Å². The van der Waals surface area contributed by atoms with E-state index in [2.05, 4.69) is 37.9 Å². The fraction of sp³-hybridized carbons (Fsp3) is 0.312. The quantitative estimate of drug-likeness (QED) is 0.776. The lowest BCUT2D eigenvalue weighted by Gasteiger charge is -2.13. The Labute approximate surface area is 109 Å². The molecule has 0 bridgehead atoms. The number of hydrogen-bond acceptors (Lipinski definition) is 2. The van der Waals surface area contributed by atoms with Crippen molar-refractivity contribution in [2.45, 2.75) is 34.6 Å². The Morgan fingerprint density at radius 3 is 2.06 bits per heavy atom. The topological polar surface area (TPSA) is 22.1 Å². The predicted octanol–water partition coefficient (Wildman–Crippen LogP) is 4.42. The molecule has 1 aromatic carbocycles. The van der Waals surface area contributed by atoms with E-state index in [4.69, 9.17) is 4.74 Å². The first-order valence-corrected chi connectivity index (χ1v) is 6.17. The van der Waals surface area contributed by atoms with E-state index in [1.54, 1.807) is 0 Å². The van der Waals surface area contributed by atoms with E-state index >= 15 is 0 Å². The standard InChI is InChI=1S/C16H19NO/c1-10-8-12(3)15(13(4)9-10)18-16-11(2)6-7-14(5)17-16/h6-9H,1-5H3. The zero-order valence-corrected chi connectivity index (χ0v) is 11.7. The van der Waals surface area contributed by atoms with Crippen LogP contribution in [0.5, 0.6) is 11.6 Å². The Morgan fingerprint density at radius 1 is 0.833 bits per heavy atom. The number of hydrogen-bond donors (Lipinski definition) is 0. The molecule has 18 heavy (non-hydrogen) atoms. The summed E-state index contributed by atoms with van der Waals surface area (Å²) in [5, 5.41) is 0. The van der Waals surface area contributed by atoms with Gasteiger partial charge in [0.15, 0.2) is 0 Å². The van der Waals surface area contributed by atoms with Crippen LogP contribution in [0.4, 0.5) is 0 Å². The molecule has 0 unspecified atom stereocenters. The van der Waals surface area contributed by atoms with Crippen molar-refractivity contribution >= 4 is 0 Å². The van der Waals surface area contributed by atoms with Crippen LogP contribution in [0, 0.1) is 34.6 Å². The van der Waals surface area contributed by atoms with Crippen LogP contribution >= 0.6 is 0 Å². The maximum absolute atomic E-state index is 6.00. The van der Waals surface area contributed by atoms with Crippen LogP contribution in [-0.4, -0.2) is 4.98 Å². The molecular weight excluding hydrogens is 222 g/mol. The van der Waals surface area contributed by atoms with E-state index in [0.717, 1.165) is 28.1 Å². The Bertz CT molecular complexity index is 565. The number of benzene rings is 1. The van der Waals surface area contributed by atoms with Gasteiger partial charge in [0.25, 0.3) is 0 Å². The second kappa shape index (κ2) is 4.81. The molecule has 0 spiro atoms. The first kappa shape index (κ1) is 12.6. The molecule has 2 aromatic rings. The molecule has 1 aromatic heterocycles. The van der Waals surface area contributed by atoms with Crippen molar-refractivity contribution < 1.29 is 4.74 Å². The van der Waals surface area contributed by atoms with Gasteiger partial charge in [-0.3, -0.25) is 0 Å². The zero-order valence-electron chi connectivity index (χ0n) is 11.7. The van der Waals surface area contributed by atoms with Gasteiger partial charge in [-0.2, -0.15) is 0 Å². The minimum atomic E-state index is 0.699. The fourth-order valence-corrected chi connectivity index (χ4v) is 2.13. The van der Waals surface area contributed by atoms with Gasteiger partial charge in [0, 0.05) is 11.3 Å². The summed E-state index contributed by atoms with van der Waals surface area (Å²) in [5.74, 6) is 1.62. The van der Waals surface area contributed by atoms with Gasteiger partial charge in [0.05, 0.1) is 0 Å². The molecule has 0 N–H and O–H groups in total. The lowest BCUT2D eigenvalue weighted by molar-refractivity contribution is 0.451. The van der Waals surface area contributed by atoms with E-state index in [9.17, 15) is 0 Å². The van der Waals surface area contributed by atoms with Crippen LogP contribution in [0.25, 0.3) is 0 Å². The third-order valence-corrected chi connectivity index (χ3v) is 2.99. The van der Waals surface area contributed by atoms with Crippen LogP contribution in [0.2, 0.25) is 0 Å². The molecule has 0 saturated heterocycles. The highest BCUT2D eigenvalue weighted by atomic mass is 16.5. The molecule has 1 heterocycles. The summed E-state index contributed by atoms with van der Waals surface area (Å²) in [4.78, 5) is 4.45. The number of ether oxygens (including phenoxy) is 1. The molecule has 2 rings (SSSR count). The highest BCUT2D eigenvalue weighted by molar-refractivity contribution is 5.45. The molecule has 0 saturated carbocycles. The van der Waals surface area contributed by atoms with Crippen molar-refractivity contribution in [2.24, 2.45) is 0 Å². The van der Waals surface area contributed by atoms with E-state index in [0.29, 0.717) is 5.88 Å². The summed E-state index contributed by atoms with van der Waals surface area (Å²) in [5.41, 5.74) is 5.58. The summed E-state index contributed by atoms with van der Waals surface area (Å²) < 4.78 is 6.00. The Balaban J connectivity index is 2.43. The number of aryl methyl sites for hydroxylation is 5. The minimum Gasteiger partial charge on any atom is -0.438 e. The second-order valence-electron chi connectivity index (χ2n) is 4.90.